The predicted molar refractivity (Wildman–Crippen MR) is 73.6 cm³/mol. The number of hydrogen-bond acceptors (Lipinski definition) is 5. The van der Waals surface area contributed by atoms with Crippen molar-refractivity contribution in [1.82, 2.24) is 4.98 Å². The van der Waals surface area contributed by atoms with Crippen molar-refractivity contribution in [3.05, 3.63) is 58.7 Å². The molecule has 6 heteroatoms. The minimum atomic E-state index is -0.629. The molecule has 0 unspecified atom stereocenters. The summed E-state index contributed by atoms with van der Waals surface area (Å²) in [5.41, 5.74) is 7.03. The molecular weight excluding hydrogens is 273 g/mol. The van der Waals surface area contributed by atoms with Crippen molar-refractivity contribution >= 4 is 11.7 Å². The second kappa shape index (κ2) is 6.01. The summed E-state index contributed by atoms with van der Waals surface area (Å²) >= 11 is 0. The Morgan fingerprint density at radius 3 is 2.90 bits per heavy atom. The molecule has 1 heterocycles. The number of ether oxygens (including phenoxy) is 1. The van der Waals surface area contributed by atoms with Crippen LogP contribution in [0, 0.1) is 24.1 Å². The lowest BCUT2D eigenvalue weighted by Gasteiger charge is -2.08. The number of carbonyl (C=O) groups excluding carboxylic acids is 1. The monoisotopic (exact) mass is 285 g/mol. The molecular formula is C15H12FN3O2. The molecule has 0 aliphatic heterocycles. The molecule has 0 aliphatic rings. The van der Waals surface area contributed by atoms with Crippen molar-refractivity contribution < 1.29 is 13.9 Å². The van der Waals surface area contributed by atoms with Gasteiger partial charge in [-0.15, -0.1) is 0 Å². The average molecular weight is 285 g/mol. The SMILES string of the molecule is Cc1ncc(N)cc1C(=O)OCc1ccc(C#N)cc1F. The molecule has 5 nitrogen and oxygen atoms in total. The third-order valence-corrected chi connectivity index (χ3v) is 2.87. The Labute approximate surface area is 120 Å². The van der Waals surface area contributed by atoms with Gasteiger partial charge in [0, 0.05) is 5.56 Å². The summed E-state index contributed by atoms with van der Waals surface area (Å²) in [5.74, 6) is -1.22. The lowest BCUT2D eigenvalue weighted by molar-refractivity contribution is 0.0467. The van der Waals surface area contributed by atoms with E-state index in [0.29, 0.717) is 11.4 Å². The molecule has 1 aromatic carbocycles. The number of nitrogen functional groups attached to an aromatic ring is 1. The fourth-order valence-corrected chi connectivity index (χ4v) is 1.71. The van der Waals surface area contributed by atoms with Gasteiger partial charge in [0.15, 0.2) is 0 Å². The molecule has 0 fully saturated rings. The fourth-order valence-electron chi connectivity index (χ4n) is 1.71. The summed E-state index contributed by atoms with van der Waals surface area (Å²) < 4.78 is 18.7. The predicted octanol–water partition coefficient (Wildman–Crippen LogP) is 2.34. The van der Waals surface area contributed by atoms with Crippen molar-refractivity contribution in [2.24, 2.45) is 0 Å². The van der Waals surface area contributed by atoms with E-state index in [-0.39, 0.29) is 23.3 Å². The number of carbonyl (C=O) groups is 1. The van der Waals surface area contributed by atoms with E-state index in [4.69, 9.17) is 15.7 Å². The van der Waals surface area contributed by atoms with Gasteiger partial charge < -0.3 is 10.5 Å². The number of anilines is 1. The van der Waals surface area contributed by atoms with Crippen LogP contribution in [0.2, 0.25) is 0 Å². The van der Waals surface area contributed by atoms with E-state index in [1.54, 1.807) is 6.92 Å². The molecule has 0 atom stereocenters. The lowest BCUT2D eigenvalue weighted by Crippen LogP contribution is -2.09. The quantitative estimate of drug-likeness (QED) is 0.874. The van der Waals surface area contributed by atoms with Gasteiger partial charge in [-0.05, 0) is 25.1 Å². The molecule has 106 valence electrons. The summed E-state index contributed by atoms with van der Waals surface area (Å²) in [5, 5.41) is 8.66. The van der Waals surface area contributed by atoms with Gasteiger partial charge in [-0.2, -0.15) is 5.26 Å². The molecule has 0 bridgehead atoms. The van der Waals surface area contributed by atoms with Crippen molar-refractivity contribution in [2.45, 2.75) is 13.5 Å². The van der Waals surface area contributed by atoms with Crippen LogP contribution in [0.25, 0.3) is 0 Å². The number of pyridine rings is 1. The van der Waals surface area contributed by atoms with Gasteiger partial charge in [-0.3, -0.25) is 4.98 Å². The zero-order valence-corrected chi connectivity index (χ0v) is 11.3. The summed E-state index contributed by atoms with van der Waals surface area (Å²) in [6.45, 7) is 1.42. The first-order valence-electron chi connectivity index (χ1n) is 6.09. The smallest absolute Gasteiger partial charge is 0.340 e. The van der Waals surface area contributed by atoms with Gasteiger partial charge in [0.25, 0.3) is 0 Å². The zero-order valence-electron chi connectivity index (χ0n) is 11.3. The average Bonchev–Trinajstić information content (AvgIpc) is 2.48. The Morgan fingerprint density at radius 2 is 2.24 bits per heavy atom. The number of benzene rings is 1. The maximum atomic E-state index is 13.7. The normalized spacial score (nSPS) is 9.95. The van der Waals surface area contributed by atoms with E-state index >= 15 is 0 Å². The number of nitrogens with zero attached hydrogens (tertiary/aromatic N) is 2. The molecule has 2 rings (SSSR count). The molecule has 21 heavy (non-hydrogen) atoms. The Balaban J connectivity index is 2.11. The maximum Gasteiger partial charge on any atom is 0.340 e. The fraction of sp³-hybridized carbons (Fsp3) is 0.133. The van der Waals surface area contributed by atoms with Gasteiger partial charge in [-0.25, -0.2) is 9.18 Å². The van der Waals surface area contributed by atoms with E-state index in [0.717, 1.165) is 6.07 Å². The highest BCUT2D eigenvalue weighted by atomic mass is 19.1. The van der Waals surface area contributed by atoms with Crippen LogP contribution in [0.1, 0.15) is 27.2 Å². The number of nitrogens with two attached hydrogens (primary N) is 1. The lowest BCUT2D eigenvalue weighted by atomic mass is 10.1. The van der Waals surface area contributed by atoms with Crippen LogP contribution in [0.3, 0.4) is 0 Å². The molecule has 2 N–H and O–H groups in total. The second-order valence-electron chi connectivity index (χ2n) is 4.40. The van der Waals surface area contributed by atoms with Crippen LogP contribution in [0.5, 0.6) is 0 Å². The summed E-state index contributed by atoms with van der Waals surface area (Å²) in [6, 6.07) is 7.25. The third kappa shape index (κ3) is 3.34. The minimum Gasteiger partial charge on any atom is -0.457 e. The van der Waals surface area contributed by atoms with E-state index in [9.17, 15) is 9.18 Å². The van der Waals surface area contributed by atoms with Crippen LogP contribution in [0.4, 0.5) is 10.1 Å². The molecule has 0 radical (unpaired) electrons. The standard InChI is InChI=1S/C15H12FN3O2/c1-9-13(5-12(18)7-19-9)15(20)21-8-11-3-2-10(6-17)4-14(11)16/h2-5,7H,8,18H2,1H3. The van der Waals surface area contributed by atoms with Crippen molar-refractivity contribution in [3.8, 4) is 6.07 Å². The van der Waals surface area contributed by atoms with Gasteiger partial charge in [0.05, 0.1) is 34.8 Å². The van der Waals surface area contributed by atoms with Crippen molar-refractivity contribution in [2.75, 3.05) is 5.73 Å². The van der Waals surface area contributed by atoms with Crippen LogP contribution in [-0.2, 0) is 11.3 Å². The van der Waals surface area contributed by atoms with Gasteiger partial charge in [0.1, 0.15) is 12.4 Å². The Morgan fingerprint density at radius 1 is 1.48 bits per heavy atom. The summed E-state index contributed by atoms with van der Waals surface area (Å²) in [7, 11) is 0. The summed E-state index contributed by atoms with van der Waals surface area (Å²) in [6.07, 6.45) is 1.44. The topological polar surface area (TPSA) is 89.0 Å². The number of esters is 1. The number of aromatic nitrogens is 1. The molecule has 1 aromatic heterocycles. The molecule has 0 spiro atoms. The van der Waals surface area contributed by atoms with Crippen LogP contribution in [0.15, 0.2) is 30.5 Å². The number of nitriles is 1. The van der Waals surface area contributed by atoms with Crippen LogP contribution < -0.4 is 5.73 Å². The van der Waals surface area contributed by atoms with Crippen molar-refractivity contribution in [3.63, 3.8) is 0 Å². The van der Waals surface area contributed by atoms with E-state index < -0.39 is 11.8 Å². The molecule has 0 aliphatic carbocycles. The number of aryl methyl sites for hydroxylation is 1. The highest BCUT2D eigenvalue weighted by Gasteiger charge is 2.13. The first-order chi connectivity index (χ1) is 10.0. The minimum absolute atomic E-state index is 0.192. The van der Waals surface area contributed by atoms with Crippen LogP contribution >= 0.6 is 0 Å². The van der Waals surface area contributed by atoms with Crippen molar-refractivity contribution in [1.29, 1.82) is 5.26 Å². The van der Waals surface area contributed by atoms with Gasteiger partial charge >= 0.3 is 5.97 Å². The second-order valence-corrected chi connectivity index (χ2v) is 4.40. The van der Waals surface area contributed by atoms with Crippen LogP contribution in [-0.4, -0.2) is 11.0 Å². The zero-order chi connectivity index (χ0) is 15.4. The molecule has 0 saturated carbocycles. The highest BCUT2D eigenvalue weighted by Crippen LogP contribution is 2.14. The number of rotatable bonds is 3. The number of hydrogen-bond donors (Lipinski definition) is 1. The Kier molecular flexibility index (Phi) is 4.14. The highest BCUT2D eigenvalue weighted by molar-refractivity contribution is 5.91. The first-order valence-corrected chi connectivity index (χ1v) is 6.09. The maximum absolute atomic E-state index is 13.7. The van der Waals surface area contributed by atoms with E-state index in [1.807, 2.05) is 6.07 Å². The van der Waals surface area contributed by atoms with Gasteiger partial charge in [0.2, 0.25) is 0 Å². The third-order valence-electron chi connectivity index (χ3n) is 2.87. The molecule has 0 saturated heterocycles. The Bertz CT molecular complexity index is 738. The Hall–Kier alpha value is -2.94. The summed E-state index contributed by atoms with van der Waals surface area (Å²) in [4.78, 5) is 15.9. The largest absolute Gasteiger partial charge is 0.457 e. The first kappa shape index (κ1) is 14.5. The molecule has 0 amide bonds. The molecule has 2 aromatic rings. The van der Waals surface area contributed by atoms with E-state index in [1.165, 1.54) is 24.4 Å². The number of halogens is 1. The van der Waals surface area contributed by atoms with Gasteiger partial charge in [-0.1, -0.05) is 6.07 Å². The van der Waals surface area contributed by atoms with E-state index in [2.05, 4.69) is 4.98 Å².